The van der Waals surface area contributed by atoms with Gasteiger partial charge in [-0.25, -0.2) is 4.98 Å². The van der Waals surface area contributed by atoms with E-state index in [4.69, 9.17) is 4.42 Å². The third kappa shape index (κ3) is 3.85. The molecule has 4 aromatic rings. The molecule has 0 saturated heterocycles. The number of pyridine rings is 1. The van der Waals surface area contributed by atoms with Crippen molar-refractivity contribution in [3.05, 3.63) is 87.6 Å². The zero-order valence-corrected chi connectivity index (χ0v) is 17.2. The minimum absolute atomic E-state index is 0.143. The predicted molar refractivity (Wildman–Crippen MR) is 114 cm³/mol. The molecule has 0 unspecified atom stereocenters. The normalized spacial score (nSPS) is 11.0. The Kier molecular flexibility index (Phi) is 5.01. The van der Waals surface area contributed by atoms with Gasteiger partial charge in [-0.1, -0.05) is 45.8 Å². The monoisotopic (exact) mass is 434 g/mol. The van der Waals surface area contributed by atoms with Gasteiger partial charge in [0.1, 0.15) is 11.5 Å². The van der Waals surface area contributed by atoms with Crippen LogP contribution in [0.5, 0.6) is 0 Å². The van der Waals surface area contributed by atoms with Gasteiger partial charge in [0.05, 0.1) is 11.1 Å². The molecule has 0 saturated carbocycles. The summed E-state index contributed by atoms with van der Waals surface area (Å²) in [5.74, 6) is 1.31. The van der Waals surface area contributed by atoms with Crippen LogP contribution in [0.1, 0.15) is 27.2 Å². The van der Waals surface area contributed by atoms with Crippen molar-refractivity contribution in [2.45, 2.75) is 20.4 Å². The molecule has 2 aromatic heterocycles. The van der Waals surface area contributed by atoms with Gasteiger partial charge in [-0.2, -0.15) is 0 Å². The quantitative estimate of drug-likeness (QED) is 0.441. The first-order valence-corrected chi connectivity index (χ1v) is 9.80. The first-order chi connectivity index (χ1) is 13.5. The second-order valence-electron chi connectivity index (χ2n) is 6.80. The van der Waals surface area contributed by atoms with Crippen molar-refractivity contribution in [3.8, 4) is 11.5 Å². The number of amides is 1. The first kappa shape index (κ1) is 18.4. The fraction of sp³-hybridized carbons (Fsp3) is 0.130. The van der Waals surface area contributed by atoms with E-state index in [1.54, 1.807) is 6.07 Å². The van der Waals surface area contributed by atoms with Crippen molar-refractivity contribution >= 4 is 32.7 Å². The van der Waals surface area contributed by atoms with E-state index in [9.17, 15) is 4.79 Å². The van der Waals surface area contributed by atoms with Crippen molar-refractivity contribution in [2.75, 3.05) is 0 Å². The highest BCUT2D eigenvalue weighted by molar-refractivity contribution is 9.10. The maximum atomic E-state index is 13.0. The van der Waals surface area contributed by atoms with Crippen molar-refractivity contribution in [2.24, 2.45) is 0 Å². The Morgan fingerprint density at radius 3 is 2.54 bits per heavy atom. The van der Waals surface area contributed by atoms with Crippen molar-refractivity contribution in [3.63, 3.8) is 0 Å². The molecule has 1 N–H and O–H groups in total. The number of fused-ring (bicyclic) bond motifs is 1. The molecule has 4 nitrogen and oxygen atoms in total. The zero-order valence-electron chi connectivity index (χ0n) is 15.6. The average Bonchev–Trinajstić information content (AvgIpc) is 3.13. The SMILES string of the molecule is Cc1ccc(CNC(=O)c2cc(-c3ccc(C)o3)nc3ccc(Br)cc23)cc1. The van der Waals surface area contributed by atoms with Crippen LogP contribution >= 0.6 is 15.9 Å². The van der Waals surface area contributed by atoms with Crippen LogP contribution in [0.25, 0.3) is 22.4 Å². The minimum Gasteiger partial charge on any atom is -0.460 e. The van der Waals surface area contributed by atoms with Crippen LogP contribution < -0.4 is 5.32 Å². The largest absolute Gasteiger partial charge is 0.460 e. The van der Waals surface area contributed by atoms with Gasteiger partial charge in [0, 0.05) is 16.4 Å². The van der Waals surface area contributed by atoms with Crippen LogP contribution in [-0.2, 0) is 6.54 Å². The summed E-state index contributed by atoms with van der Waals surface area (Å²) in [6.45, 7) is 4.39. The molecule has 0 aliphatic carbocycles. The molecule has 1 amide bonds. The van der Waals surface area contributed by atoms with E-state index in [0.29, 0.717) is 23.6 Å². The Hall–Kier alpha value is -2.92. The number of nitrogens with zero attached hydrogens (tertiary/aromatic N) is 1. The highest BCUT2D eigenvalue weighted by Crippen LogP contribution is 2.28. The Morgan fingerprint density at radius 2 is 1.82 bits per heavy atom. The lowest BCUT2D eigenvalue weighted by atomic mass is 10.1. The highest BCUT2D eigenvalue weighted by Gasteiger charge is 2.16. The smallest absolute Gasteiger partial charge is 0.252 e. The molecule has 0 fully saturated rings. The summed E-state index contributed by atoms with van der Waals surface area (Å²) < 4.78 is 6.61. The number of hydrogen-bond acceptors (Lipinski definition) is 3. The number of carbonyl (C=O) groups excluding carboxylic acids is 1. The first-order valence-electron chi connectivity index (χ1n) is 9.00. The number of halogens is 1. The summed E-state index contributed by atoms with van der Waals surface area (Å²) >= 11 is 3.49. The highest BCUT2D eigenvalue weighted by atomic mass is 79.9. The zero-order chi connectivity index (χ0) is 19.7. The van der Waals surface area contributed by atoms with Gasteiger partial charge in [0.15, 0.2) is 5.76 Å². The van der Waals surface area contributed by atoms with Crippen LogP contribution in [0.15, 0.2) is 69.6 Å². The summed E-state index contributed by atoms with van der Waals surface area (Å²) in [5, 5.41) is 3.81. The third-order valence-corrected chi connectivity index (χ3v) is 5.08. The Bertz CT molecular complexity index is 1160. The van der Waals surface area contributed by atoms with E-state index in [2.05, 4.69) is 26.2 Å². The lowest BCUT2D eigenvalue weighted by Crippen LogP contribution is -2.23. The van der Waals surface area contributed by atoms with E-state index in [0.717, 1.165) is 26.7 Å². The van der Waals surface area contributed by atoms with Gasteiger partial charge in [-0.15, -0.1) is 0 Å². The lowest BCUT2D eigenvalue weighted by Gasteiger charge is -2.10. The molecule has 5 heteroatoms. The fourth-order valence-corrected chi connectivity index (χ4v) is 3.43. The third-order valence-electron chi connectivity index (χ3n) is 4.58. The van der Waals surface area contributed by atoms with E-state index in [1.165, 1.54) is 5.56 Å². The number of rotatable bonds is 4. The molecule has 0 aliphatic rings. The Labute approximate surface area is 171 Å². The van der Waals surface area contributed by atoms with E-state index >= 15 is 0 Å². The van der Waals surface area contributed by atoms with Gasteiger partial charge < -0.3 is 9.73 Å². The van der Waals surface area contributed by atoms with E-state index in [-0.39, 0.29) is 5.91 Å². The standard InChI is InChI=1S/C23H19BrN2O2/c1-14-3-6-16(7-4-14)13-25-23(27)19-12-21(22-10-5-15(2)28-22)26-20-9-8-17(24)11-18(19)20/h3-12H,13H2,1-2H3,(H,25,27). The van der Waals surface area contributed by atoms with Crippen molar-refractivity contribution in [1.29, 1.82) is 0 Å². The number of hydrogen-bond donors (Lipinski definition) is 1. The van der Waals surface area contributed by atoms with Gasteiger partial charge in [-0.05, 0) is 55.8 Å². The Morgan fingerprint density at radius 1 is 1.04 bits per heavy atom. The number of nitrogens with one attached hydrogen (secondary N) is 1. The van der Waals surface area contributed by atoms with E-state index in [1.807, 2.05) is 68.4 Å². The van der Waals surface area contributed by atoms with Gasteiger partial charge in [-0.3, -0.25) is 4.79 Å². The molecule has 0 radical (unpaired) electrons. The van der Waals surface area contributed by atoms with Crippen LogP contribution in [0, 0.1) is 13.8 Å². The molecular weight excluding hydrogens is 416 g/mol. The maximum Gasteiger partial charge on any atom is 0.252 e. The van der Waals surface area contributed by atoms with Crippen LogP contribution in [0.2, 0.25) is 0 Å². The van der Waals surface area contributed by atoms with Gasteiger partial charge in [0.2, 0.25) is 0 Å². The molecule has 140 valence electrons. The lowest BCUT2D eigenvalue weighted by molar-refractivity contribution is 0.0952. The maximum absolute atomic E-state index is 13.0. The molecule has 4 rings (SSSR count). The minimum atomic E-state index is -0.143. The summed E-state index contributed by atoms with van der Waals surface area (Å²) in [6.07, 6.45) is 0. The number of carbonyl (C=O) groups is 1. The van der Waals surface area contributed by atoms with Gasteiger partial charge >= 0.3 is 0 Å². The topological polar surface area (TPSA) is 55.1 Å². The molecule has 0 spiro atoms. The molecule has 2 aromatic carbocycles. The van der Waals surface area contributed by atoms with Crippen LogP contribution in [0.3, 0.4) is 0 Å². The van der Waals surface area contributed by atoms with E-state index < -0.39 is 0 Å². The molecule has 0 bridgehead atoms. The number of aryl methyl sites for hydroxylation is 2. The summed E-state index contributed by atoms with van der Waals surface area (Å²) in [6, 6.07) is 19.4. The molecule has 0 atom stereocenters. The second kappa shape index (κ2) is 7.60. The Balaban J connectivity index is 1.71. The molecule has 0 aliphatic heterocycles. The predicted octanol–water partition coefficient (Wildman–Crippen LogP) is 5.80. The molecule has 2 heterocycles. The fourth-order valence-electron chi connectivity index (χ4n) is 3.07. The molecular formula is C23H19BrN2O2. The number of benzene rings is 2. The second-order valence-corrected chi connectivity index (χ2v) is 7.71. The number of aromatic nitrogens is 1. The number of furan rings is 1. The van der Waals surface area contributed by atoms with Crippen molar-refractivity contribution < 1.29 is 9.21 Å². The van der Waals surface area contributed by atoms with Crippen molar-refractivity contribution in [1.82, 2.24) is 10.3 Å². The van der Waals surface area contributed by atoms with Crippen LogP contribution in [0.4, 0.5) is 0 Å². The summed E-state index contributed by atoms with van der Waals surface area (Å²) in [5.41, 5.74) is 4.21. The molecule has 28 heavy (non-hydrogen) atoms. The van der Waals surface area contributed by atoms with Gasteiger partial charge in [0.25, 0.3) is 5.91 Å². The van der Waals surface area contributed by atoms with Crippen LogP contribution in [-0.4, -0.2) is 10.9 Å². The average molecular weight is 435 g/mol. The summed E-state index contributed by atoms with van der Waals surface area (Å²) in [4.78, 5) is 17.7. The summed E-state index contributed by atoms with van der Waals surface area (Å²) in [7, 11) is 0.